The van der Waals surface area contributed by atoms with Crippen LogP contribution in [-0.4, -0.2) is 23.0 Å². The molecule has 0 bridgehead atoms. The van der Waals surface area contributed by atoms with Crippen LogP contribution in [0.3, 0.4) is 0 Å². The van der Waals surface area contributed by atoms with Gasteiger partial charge in [0.2, 0.25) is 5.54 Å². The van der Waals surface area contributed by atoms with Crippen LogP contribution in [0.4, 0.5) is 0 Å². The second-order valence-electron chi connectivity index (χ2n) is 6.09. The quantitative estimate of drug-likeness (QED) is 0.486. The third kappa shape index (κ3) is 2.41. The summed E-state index contributed by atoms with van der Waals surface area (Å²) in [6.45, 7) is 5.56. The van der Waals surface area contributed by atoms with E-state index in [9.17, 15) is 14.9 Å². The van der Waals surface area contributed by atoms with Crippen LogP contribution in [-0.2, 0) is 14.9 Å². The summed E-state index contributed by atoms with van der Waals surface area (Å²) in [5.41, 5.74) is -0.961. The van der Waals surface area contributed by atoms with Crippen molar-refractivity contribution < 1.29 is 14.5 Å². The lowest BCUT2D eigenvalue weighted by Gasteiger charge is -2.34. The summed E-state index contributed by atoms with van der Waals surface area (Å²) in [5.74, 6) is -0.754. The molecule has 0 N–H and O–H groups in total. The molecule has 0 radical (unpaired) electrons. The van der Waals surface area contributed by atoms with Gasteiger partial charge in [0, 0.05) is 18.3 Å². The molecule has 2 rings (SSSR count). The number of ether oxygens (including phenoxy) is 1. The Hall–Kier alpha value is -1.91. The Kier molecular flexibility index (Phi) is 4.03. The minimum atomic E-state index is -1.17. The van der Waals surface area contributed by atoms with Crippen LogP contribution >= 0.6 is 0 Å². The van der Waals surface area contributed by atoms with E-state index in [4.69, 9.17) is 4.74 Å². The molecule has 1 unspecified atom stereocenters. The van der Waals surface area contributed by atoms with Crippen molar-refractivity contribution in [2.75, 3.05) is 6.61 Å². The zero-order chi connectivity index (χ0) is 15.7. The van der Waals surface area contributed by atoms with E-state index in [1.54, 1.807) is 13.8 Å². The summed E-state index contributed by atoms with van der Waals surface area (Å²) in [6.07, 6.45) is 0.650. The van der Waals surface area contributed by atoms with Crippen molar-refractivity contribution >= 4 is 5.97 Å². The van der Waals surface area contributed by atoms with Crippen molar-refractivity contribution in [2.45, 2.75) is 44.6 Å². The first-order chi connectivity index (χ1) is 9.85. The molecule has 114 valence electrons. The molecule has 0 aromatic heterocycles. The number of hydrogen-bond acceptors (Lipinski definition) is 4. The van der Waals surface area contributed by atoms with Gasteiger partial charge in [-0.1, -0.05) is 30.3 Å². The molecule has 1 saturated carbocycles. The summed E-state index contributed by atoms with van der Waals surface area (Å²) >= 11 is 0. The maximum absolute atomic E-state index is 12.0. The van der Waals surface area contributed by atoms with Gasteiger partial charge in [0.25, 0.3) is 0 Å². The summed E-state index contributed by atoms with van der Waals surface area (Å²) in [6, 6.07) is 9.43. The van der Waals surface area contributed by atoms with Gasteiger partial charge in [0.05, 0.1) is 17.9 Å². The van der Waals surface area contributed by atoms with E-state index < -0.39 is 16.9 Å². The average Bonchev–Trinajstić information content (AvgIpc) is 2.75. The van der Waals surface area contributed by atoms with Gasteiger partial charge in [0.1, 0.15) is 0 Å². The van der Waals surface area contributed by atoms with Crippen LogP contribution in [0.1, 0.15) is 39.2 Å². The molecular formula is C16H21NO4. The first-order valence-electron chi connectivity index (χ1n) is 7.22. The number of nitro groups is 1. The third-order valence-corrected chi connectivity index (χ3v) is 4.92. The van der Waals surface area contributed by atoms with Gasteiger partial charge in [0.15, 0.2) is 0 Å². The number of carbonyl (C=O) groups excluding carboxylic acids is 1. The zero-order valence-corrected chi connectivity index (χ0v) is 12.7. The predicted molar refractivity (Wildman–Crippen MR) is 78.6 cm³/mol. The molecule has 3 atom stereocenters. The second kappa shape index (κ2) is 5.47. The second-order valence-corrected chi connectivity index (χ2v) is 6.09. The molecule has 0 heterocycles. The standard InChI is InChI=1S/C16H21NO4/c1-4-21-14(18)12-10-15(2,13-8-6-5-7-9-13)16(3,11-12)17(19)20/h5-9,12H,4,10-11H2,1-3H3/t12?,15-,16+/m0/s1. The van der Waals surface area contributed by atoms with Crippen molar-refractivity contribution in [1.82, 2.24) is 0 Å². The number of rotatable bonds is 4. The maximum atomic E-state index is 12.0. The van der Waals surface area contributed by atoms with E-state index in [1.165, 1.54) is 0 Å². The van der Waals surface area contributed by atoms with Crippen LogP contribution < -0.4 is 0 Å². The molecular weight excluding hydrogens is 270 g/mol. The minimum absolute atomic E-state index is 0.213. The summed E-state index contributed by atoms with van der Waals surface area (Å²) in [4.78, 5) is 23.5. The molecule has 1 aromatic carbocycles. The highest BCUT2D eigenvalue weighted by Crippen LogP contribution is 2.52. The van der Waals surface area contributed by atoms with E-state index >= 15 is 0 Å². The Bertz CT molecular complexity index is 544. The number of hydrogen-bond donors (Lipinski definition) is 0. The fourth-order valence-electron chi connectivity index (χ4n) is 3.43. The van der Waals surface area contributed by atoms with E-state index in [0.717, 1.165) is 5.56 Å². The van der Waals surface area contributed by atoms with Crippen molar-refractivity contribution in [1.29, 1.82) is 0 Å². The van der Waals surface area contributed by atoms with Crippen molar-refractivity contribution in [2.24, 2.45) is 5.92 Å². The Morgan fingerprint density at radius 3 is 2.48 bits per heavy atom. The lowest BCUT2D eigenvalue weighted by atomic mass is 9.70. The van der Waals surface area contributed by atoms with Gasteiger partial charge in [-0.2, -0.15) is 0 Å². The molecule has 1 aliphatic carbocycles. The smallest absolute Gasteiger partial charge is 0.309 e. The van der Waals surface area contributed by atoms with Crippen LogP contribution in [0.2, 0.25) is 0 Å². The van der Waals surface area contributed by atoms with Crippen molar-refractivity contribution in [3.63, 3.8) is 0 Å². The van der Waals surface area contributed by atoms with Gasteiger partial charge in [-0.05, 0) is 25.8 Å². The summed E-state index contributed by atoms with van der Waals surface area (Å²) in [5, 5.41) is 11.7. The topological polar surface area (TPSA) is 69.4 Å². The van der Waals surface area contributed by atoms with Gasteiger partial charge in [-0.15, -0.1) is 0 Å². The molecule has 1 fully saturated rings. The molecule has 0 amide bonds. The minimum Gasteiger partial charge on any atom is -0.466 e. The SMILES string of the molecule is CCOC(=O)C1C[C@@](C)(c2ccccc2)[C@](C)([N+](=O)[O-])C1. The largest absolute Gasteiger partial charge is 0.466 e. The Morgan fingerprint density at radius 2 is 1.95 bits per heavy atom. The molecule has 0 spiro atoms. The fraction of sp³-hybridized carbons (Fsp3) is 0.562. The molecule has 5 nitrogen and oxygen atoms in total. The Morgan fingerprint density at radius 1 is 1.33 bits per heavy atom. The highest BCUT2D eigenvalue weighted by atomic mass is 16.6. The number of benzene rings is 1. The first-order valence-corrected chi connectivity index (χ1v) is 7.22. The average molecular weight is 291 g/mol. The Labute approximate surface area is 124 Å². The van der Waals surface area contributed by atoms with E-state index in [-0.39, 0.29) is 17.3 Å². The molecule has 5 heteroatoms. The van der Waals surface area contributed by atoms with Crippen LogP contribution in [0, 0.1) is 16.0 Å². The van der Waals surface area contributed by atoms with Gasteiger partial charge in [-0.3, -0.25) is 14.9 Å². The van der Waals surface area contributed by atoms with Gasteiger partial charge in [-0.25, -0.2) is 0 Å². The highest BCUT2D eigenvalue weighted by Gasteiger charge is 2.63. The zero-order valence-electron chi connectivity index (χ0n) is 12.7. The van der Waals surface area contributed by atoms with Crippen LogP contribution in [0.5, 0.6) is 0 Å². The fourth-order valence-corrected chi connectivity index (χ4v) is 3.43. The van der Waals surface area contributed by atoms with Crippen LogP contribution in [0.15, 0.2) is 30.3 Å². The maximum Gasteiger partial charge on any atom is 0.309 e. The van der Waals surface area contributed by atoms with Crippen LogP contribution in [0.25, 0.3) is 0 Å². The highest BCUT2D eigenvalue weighted by molar-refractivity contribution is 5.73. The molecule has 21 heavy (non-hydrogen) atoms. The normalized spacial score (nSPS) is 31.9. The number of nitrogens with zero attached hydrogens (tertiary/aromatic N) is 1. The van der Waals surface area contributed by atoms with Gasteiger partial charge < -0.3 is 4.74 Å². The molecule has 0 saturated heterocycles. The van der Waals surface area contributed by atoms with Crippen molar-refractivity contribution in [3.8, 4) is 0 Å². The lowest BCUT2D eigenvalue weighted by molar-refractivity contribution is -0.575. The summed E-state index contributed by atoms with van der Waals surface area (Å²) < 4.78 is 5.07. The van der Waals surface area contributed by atoms with Gasteiger partial charge >= 0.3 is 5.97 Å². The number of carbonyl (C=O) groups is 1. The van der Waals surface area contributed by atoms with E-state index in [2.05, 4.69) is 0 Å². The molecule has 1 aromatic rings. The molecule has 1 aliphatic rings. The van der Waals surface area contributed by atoms with E-state index in [0.29, 0.717) is 13.0 Å². The predicted octanol–water partition coefficient (Wildman–Crippen LogP) is 2.95. The monoisotopic (exact) mass is 291 g/mol. The third-order valence-electron chi connectivity index (χ3n) is 4.92. The molecule has 0 aliphatic heterocycles. The first kappa shape index (κ1) is 15.5. The van der Waals surface area contributed by atoms with Crippen molar-refractivity contribution in [3.05, 3.63) is 46.0 Å². The Balaban J connectivity index is 2.42. The summed E-state index contributed by atoms with van der Waals surface area (Å²) in [7, 11) is 0. The number of esters is 1. The lowest BCUT2D eigenvalue weighted by Crippen LogP contribution is -2.49. The van der Waals surface area contributed by atoms with E-state index in [1.807, 2.05) is 37.3 Å².